The lowest BCUT2D eigenvalue weighted by Crippen LogP contribution is -2.33. The van der Waals surface area contributed by atoms with E-state index < -0.39 is 0 Å². The summed E-state index contributed by atoms with van der Waals surface area (Å²) < 4.78 is 11.1. The Kier molecular flexibility index (Phi) is 3.01. The van der Waals surface area contributed by atoms with Crippen LogP contribution in [0.15, 0.2) is 18.2 Å². The van der Waals surface area contributed by atoms with Crippen molar-refractivity contribution in [2.24, 2.45) is 11.8 Å². The second-order valence-electron chi connectivity index (χ2n) is 5.24. The number of ether oxygens (including phenoxy) is 2. The van der Waals surface area contributed by atoms with Crippen molar-refractivity contribution in [3.05, 3.63) is 23.8 Å². The Balaban J connectivity index is 1.86. The quantitative estimate of drug-likeness (QED) is 0.779. The van der Waals surface area contributed by atoms with Crippen LogP contribution in [-0.2, 0) is 4.79 Å². The smallest absolute Gasteiger partial charge is 0.176 e. The number of benzene rings is 1. The minimum absolute atomic E-state index is 0.176. The summed E-state index contributed by atoms with van der Waals surface area (Å²) in [7, 11) is 1.55. The molecule has 0 heterocycles. The van der Waals surface area contributed by atoms with Gasteiger partial charge in [0.2, 0.25) is 0 Å². The van der Waals surface area contributed by atoms with Crippen molar-refractivity contribution < 1.29 is 19.1 Å². The second-order valence-corrected chi connectivity index (χ2v) is 5.24. The highest BCUT2D eigenvalue weighted by molar-refractivity contribution is 5.89. The van der Waals surface area contributed by atoms with Gasteiger partial charge in [0.25, 0.3) is 0 Å². The van der Waals surface area contributed by atoms with Gasteiger partial charge in [-0.15, -0.1) is 0 Å². The van der Waals surface area contributed by atoms with Gasteiger partial charge in [-0.1, -0.05) is 0 Å². The molecular weight excluding hydrogens is 244 g/mol. The first-order valence-electron chi connectivity index (χ1n) is 6.56. The summed E-state index contributed by atoms with van der Waals surface area (Å²) >= 11 is 0. The van der Waals surface area contributed by atoms with Crippen molar-refractivity contribution in [3.8, 4) is 11.5 Å². The fourth-order valence-corrected chi connectivity index (χ4v) is 3.16. The lowest BCUT2D eigenvalue weighted by atomic mass is 9.96. The van der Waals surface area contributed by atoms with Gasteiger partial charge < -0.3 is 9.47 Å². The molecule has 0 spiro atoms. The molecule has 2 unspecified atom stereocenters. The number of methoxy groups -OCH3 is 1. The number of hydrogen-bond acceptors (Lipinski definition) is 4. The van der Waals surface area contributed by atoms with Gasteiger partial charge in [0.05, 0.1) is 7.11 Å². The second kappa shape index (κ2) is 4.68. The molecule has 19 heavy (non-hydrogen) atoms. The van der Waals surface area contributed by atoms with E-state index in [4.69, 9.17) is 9.47 Å². The summed E-state index contributed by atoms with van der Waals surface area (Å²) in [5.74, 6) is 1.74. The molecule has 2 aliphatic rings. The summed E-state index contributed by atoms with van der Waals surface area (Å²) in [6.07, 6.45) is 3.38. The van der Waals surface area contributed by atoms with Crippen LogP contribution < -0.4 is 9.47 Å². The number of fused-ring (bicyclic) bond motifs is 2. The van der Waals surface area contributed by atoms with Crippen molar-refractivity contribution in [1.29, 1.82) is 0 Å². The number of hydrogen-bond donors (Lipinski definition) is 0. The highest BCUT2D eigenvalue weighted by atomic mass is 16.5. The lowest BCUT2D eigenvalue weighted by molar-refractivity contribution is -0.128. The number of carbonyl (C=O) groups excluding carboxylic acids is 2. The zero-order valence-electron chi connectivity index (χ0n) is 10.8. The van der Waals surface area contributed by atoms with Crippen LogP contribution in [0.3, 0.4) is 0 Å². The molecular formula is C15H16O4. The Bertz CT molecular complexity index is 523. The third-order valence-electron chi connectivity index (χ3n) is 4.16. The van der Waals surface area contributed by atoms with Crippen LogP contribution in [0.4, 0.5) is 0 Å². The van der Waals surface area contributed by atoms with E-state index in [-0.39, 0.29) is 17.8 Å². The molecule has 0 N–H and O–H groups in total. The minimum atomic E-state index is -0.366. The Morgan fingerprint density at radius 3 is 2.74 bits per heavy atom. The lowest BCUT2D eigenvalue weighted by Gasteiger charge is -2.23. The van der Waals surface area contributed by atoms with E-state index in [9.17, 15) is 9.59 Å². The summed E-state index contributed by atoms with van der Waals surface area (Å²) in [6, 6.07) is 4.99. The standard InChI is InChI=1S/C15H16O4/c1-18-12-5-2-9(8-16)6-13(12)19-15-11-4-3-10(7-11)14(15)17/h2,5-6,8,10-11,15H,3-4,7H2,1H3/t10?,11?,15-/m0/s1. The van der Waals surface area contributed by atoms with E-state index in [2.05, 4.69) is 0 Å². The molecule has 0 radical (unpaired) electrons. The van der Waals surface area contributed by atoms with E-state index in [1.54, 1.807) is 25.3 Å². The zero-order chi connectivity index (χ0) is 13.4. The van der Waals surface area contributed by atoms with Crippen molar-refractivity contribution in [3.63, 3.8) is 0 Å². The van der Waals surface area contributed by atoms with E-state index in [1.807, 2.05) is 0 Å². The molecule has 1 aromatic carbocycles. The Morgan fingerprint density at radius 1 is 1.26 bits per heavy atom. The summed E-state index contributed by atoms with van der Waals surface area (Å²) in [4.78, 5) is 22.9. The fourth-order valence-electron chi connectivity index (χ4n) is 3.16. The van der Waals surface area contributed by atoms with Crippen molar-refractivity contribution in [2.75, 3.05) is 7.11 Å². The van der Waals surface area contributed by atoms with E-state index in [0.29, 0.717) is 23.0 Å². The average Bonchev–Trinajstić information content (AvgIpc) is 3.02. The van der Waals surface area contributed by atoms with E-state index in [0.717, 1.165) is 25.5 Å². The maximum Gasteiger partial charge on any atom is 0.176 e. The normalized spacial score (nSPS) is 28.5. The molecule has 2 saturated carbocycles. The number of carbonyl (C=O) groups is 2. The SMILES string of the molecule is COc1ccc(C=O)cc1O[C@@H]1C(=O)C2CCC1C2. The van der Waals surface area contributed by atoms with Gasteiger partial charge in [0, 0.05) is 17.4 Å². The summed E-state index contributed by atoms with van der Waals surface area (Å²) in [6.45, 7) is 0. The van der Waals surface area contributed by atoms with Crippen molar-refractivity contribution in [1.82, 2.24) is 0 Å². The maximum absolute atomic E-state index is 12.1. The van der Waals surface area contributed by atoms with Gasteiger partial charge in [-0.25, -0.2) is 0 Å². The molecule has 4 heteroatoms. The van der Waals surface area contributed by atoms with E-state index >= 15 is 0 Å². The molecule has 4 nitrogen and oxygen atoms in total. The van der Waals surface area contributed by atoms with Gasteiger partial charge >= 0.3 is 0 Å². The highest BCUT2D eigenvalue weighted by Crippen LogP contribution is 2.44. The predicted octanol–water partition coefficient (Wildman–Crippen LogP) is 2.25. The van der Waals surface area contributed by atoms with Crippen LogP contribution in [0.5, 0.6) is 11.5 Å². The molecule has 0 amide bonds. The van der Waals surface area contributed by atoms with Gasteiger partial charge in [-0.2, -0.15) is 0 Å². The zero-order valence-corrected chi connectivity index (χ0v) is 10.8. The van der Waals surface area contributed by atoms with Crippen LogP contribution in [0, 0.1) is 11.8 Å². The molecule has 0 aliphatic heterocycles. The molecule has 2 bridgehead atoms. The Morgan fingerprint density at radius 2 is 2.11 bits per heavy atom. The maximum atomic E-state index is 12.1. The van der Waals surface area contributed by atoms with Gasteiger partial charge in [0.1, 0.15) is 6.29 Å². The fraction of sp³-hybridized carbons (Fsp3) is 0.467. The molecule has 100 valence electrons. The average molecular weight is 260 g/mol. The van der Waals surface area contributed by atoms with Crippen LogP contribution in [-0.4, -0.2) is 25.3 Å². The van der Waals surface area contributed by atoms with Gasteiger partial charge in [0.15, 0.2) is 23.4 Å². The first-order valence-corrected chi connectivity index (χ1v) is 6.56. The van der Waals surface area contributed by atoms with Crippen LogP contribution in [0.25, 0.3) is 0 Å². The predicted molar refractivity (Wildman–Crippen MR) is 68.6 cm³/mol. The molecule has 2 fully saturated rings. The molecule has 2 aliphatic carbocycles. The van der Waals surface area contributed by atoms with Crippen molar-refractivity contribution >= 4 is 12.1 Å². The summed E-state index contributed by atoms with van der Waals surface area (Å²) in [5, 5.41) is 0. The van der Waals surface area contributed by atoms with Crippen LogP contribution >= 0.6 is 0 Å². The first kappa shape index (κ1) is 12.2. The topological polar surface area (TPSA) is 52.6 Å². The molecule has 1 aromatic rings. The number of Topliss-reactive ketones (excluding diaryl/α,β-unsaturated/α-hetero) is 1. The van der Waals surface area contributed by atoms with Crippen LogP contribution in [0.2, 0.25) is 0 Å². The number of ketones is 1. The first-order chi connectivity index (χ1) is 9.22. The van der Waals surface area contributed by atoms with Gasteiger partial charge in [-0.3, -0.25) is 9.59 Å². The number of aldehydes is 1. The third-order valence-corrected chi connectivity index (χ3v) is 4.16. The molecule has 0 saturated heterocycles. The molecule has 3 atom stereocenters. The highest BCUT2D eigenvalue weighted by Gasteiger charge is 2.48. The molecule has 3 rings (SSSR count). The Labute approximate surface area is 111 Å². The minimum Gasteiger partial charge on any atom is -0.493 e. The summed E-state index contributed by atoms with van der Waals surface area (Å²) in [5.41, 5.74) is 0.520. The van der Waals surface area contributed by atoms with Crippen LogP contribution in [0.1, 0.15) is 29.6 Å². The monoisotopic (exact) mass is 260 g/mol. The molecule has 0 aromatic heterocycles. The number of rotatable bonds is 4. The Hall–Kier alpha value is -1.84. The van der Waals surface area contributed by atoms with Gasteiger partial charge in [-0.05, 0) is 37.5 Å². The van der Waals surface area contributed by atoms with Crippen molar-refractivity contribution in [2.45, 2.75) is 25.4 Å². The largest absolute Gasteiger partial charge is 0.493 e. The third kappa shape index (κ3) is 2.01. The van der Waals surface area contributed by atoms with E-state index in [1.165, 1.54) is 0 Å².